The van der Waals surface area contributed by atoms with Crippen LogP contribution in [0.4, 0.5) is 9.18 Å². The summed E-state index contributed by atoms with van der Waals surface area (Å²) in [5.41, 5.74) is 3.09. The van der Waals surface area contributed by atoms with E-state index < -0.39 is 29.9 Å². The average molecular weight is 422 g/mol. The second-order valence-electron chi connectivity index (χ2n) is 7.38. The molecule has 0 bridgehead atoms. The molecule has 0 saturated heterocycles. The maximum Gasteiger partial charge on any atom is 0.328 e. The van der Waals surface area contributed by atoms with Gasteiger partial charge in [-0.3, -0.25) is 0 Å². The Morgan fingerprint density at radius 1 is 1.26 bits per heavy atom. The number of urea groups is 1. The molecule has 0 saturated carbocycles. The fourth-order valence-electron chi connectivity index (χ4n) is 3.93. The van der Waals surface area contributed by atoms with E-state index in [9.17, 15) is 14.0 Å². The van der Waals surface area contributed by atoms with E-state index in [-0.39, 0.29) is 0 Å². The number of aromatic amines is 1. The van der Waals surface area contributed by atoms with E-state index in [1.54, 1.807) is 23.4 Å². The molecule has 2 atom stereocenters. The van der Waals surface area contributed by atoms with Crippen LogP contribution in [-0.2, 0) is 22.4 Å². The Kier molecular flexibility index (Phi) is 5.97. The molecule has 2 amide bonds. The molecule has 160 valence electrons. The average Bonchev–Trinajstić information content (AvgIpc) is 3.27. The highest BCUT2D eigenvalue weighted by Crippen LogP contribution is 2.33. The monoisotopic (exact) mass is 422 g/mol. The Labute approximate surface area is 179 Å². The van der Waals surface area contributed by atoms with Gasteiger partial charge in [-0.05, 0) is 23.3 Å². The lowest BCUT2D eigenvalue weighted by atomic mass is 9.96. The first kappa shape index (κ1) is 20.6. The minimum absolute atomic E-state index is 0.297. The number of carbonyl (C=O) groups excluding carboxylic acids is 2. The first-order valence-electron chi connectivity index (χ1n) is 10.0. The molecule has 0 spiro atoms. The predicted octanol–water partition coefficient (Wildman–Crippen LogP) is 2.99. The third-order valence-corrected chi connectivity index (χ3v) is 5.42. The predicted molar refractivity (Wildman–Crippen MR) is 112 cm³/mol. The highest BCUT2D eigenvalue weighted by atomic mass is 19.1. The van der Waals surface area contributed by atoms with Gasteiger partial charge in [0.05, 0.1) is 19.1 Å². The molecule has 2 N–H and O–H groups in total. The Morgan fingerprint density at radius 2 is 2.06 bits per heavy atom. The molecule has 1 aromatic heterocycles. The van der Waals surface area contributed by atoms with E-state index in [4.69, 9.17) is 4.74 Å². The minimum Gasteiger partial charge on any atom is -0.467 e. The molecular weight excluding hydrogens is 399 g/mol. The standard InChI is InChI=1S/C23H23FN4O3/c1-31-22(29)19(12-15-6-3-2-4-7-15)27-23(30)28-11-10-18-20(26-14-25-18)21(28)16-8-5-9-17(24)13-16/h2-9,13-14,19,21H,10-12H2,1H3,(H,25,26)(H,27,30)/t19-,21+/m1/s1. The highest BCUT2D eigenvalue weighted by molar-refractivity contribution is 5.84. The maximum absolute atomic E-state index is 13.9. The molecule has 3 aromatic rings. The summed E-state index contributed by atoms with van der Waals surface area (Å²) in [6, 6.07) is 13.7. The molecule has 8 heteroatoms. The molecule has 4 rings (SSSR count). The fraction of sp³-hybridized carbons (Fsp3) is 0.261. The number of halogens is 1. The van der Waals surface area contributed by atoms with E-state index in [1.165, 1.54) is 19.2 Å². The van der Waals surface area contributed by atoms with Crippen molar-refractivity contribution in [3.05, 3.63) is 89.3 Å². The lowest BCUT2D eigenvalue weighted by Crippen LogP contribution is -2.52. The molecule has 0 aliphatic carbocycles. The summed E-state index contributed by atoms with van der Waals surface area (Å²) in [5.74, 6) is -0.922. The van der Waals surface area contributed by atoms with E-state index in [0.717, 1.165) is 11.3 Å². The van der Waals surface area contributed by atoms with Crippen LogP contribution in [0.2, 0.25) is 0 Å². The SMILES string of the molecule is COC(=O)[C@@H](Cc1ccccc1)NC(=O)N1CCc2[nH]cnc2[C@@H]1c1cccc(F)c1. The third kappa shape index (κ3) is 4.42. The Bertz CT molecular complexity index is 1070. The Morgan fingerprint density at radius 3 is 2.81 bits per heavy atom. The normalized spacial score (nSPS) is 16.3. The highest BCUT2D eigenvalue weighted by Gasteiger charge is 2.36. The number of fused-ring (bicyclic) bond motifs is 1. The van der Waals surface area contributed by atoms with Crippen LogP contribution < -0.4 is 5.32 Å². The van der Waals surface area contributed by atoms with Crippen molar-refractivity contribution in [1.82, 2.24) is 20.2 Å². The number of aromatic nitrogens is 2. The van der Waals surface area contributed by atoms with Crippen LogP contribution in [-0.4, -0.2) is 46.6 Å². The molecule has 0 radical (unpaired) electrons. The number of imidazole rings is 1. The smallest absolute Gasteiger partial charge is 0.328 e. The van der Waals surface area contributed by atoms with Crippen molar-refractivity contribution >= 4 is 12.0 Å². The molecule has 2 aromatic carbocycles. The van der Waals surface area contributed by atoms with Crippen molar-refractivity contribution in [3.8, 4) is 0 Å². The summed E-state index contributed by atoms with van der Waals surface area (Å²) in [6.07, 6.45) is 2.45. The van der Waals surface area contributed by atoms with Crippen LogP contribution in [0.1, 0.15) is 28.6 Å². The first-order chi connectivity index (χ1) is 15.1. The molecular formula is C23H23FN4O3. The largest absolute Gasteiger partial charge is 0.467 e. The van der Waals surface area contributed by atoms with Crippen molar-refractivity contribution in [2.45, 2.75) is 24.9 Å². The zero-order valence-corrected chi connectivity index (χ0v) is 17.0. The summed E-state index contributed by atoms with van der Waals surface area (Å²) < 4.78 is 18.9. The van der Waals surface area contributed by atoms with Crippen LogP contribution in [0.25, 0.3) is 0 Å². The Hall–Kier alpha value is -3.68. The maximum atomic E-state index is 13.9. The van der Waals surface area contributed by atoms with Gasteiger partial charge in [-0.15, -0.1) is 0 Å². The number of rotatable bonds is 5. The second-order valence-corrected chi connectivity index (χ2v) is 7.38. The van der Waals surface area contributed by atoms with Crippen LogP contribution in [0.15, 0.2) is 60.9 Å². The number of amides is 2. The number of nitrogens with one attached hydrogen (secondary N) is 2. The van der Waals surface area contributed by atoms with Gasteiger partial charge in [0.2, 0.25) is 0 Å². The number of nitrogens with zero attached hydrogens (tertiary/aromatic N) is 2. The Balaban J connectivity index is 1.61. The first-order valence-corrected chi connectivity index (χ1v) is 10.0. The quantitative estimate of drug-likeness (QED) is 0.619. The second kappa shape index (κ2) is 8.99. The summed E-state index contributed by atoms with van der Waals surface area (Å²) in [5, 5.41) is 2.80. The van der Waals surface area contributed by atoms with Crippen molar-refractivity contribution in [2.75, 3.05) is 13.7 Å². The third-order valence-electron chi connectivity index (χ3n) is 5.42. The summed E-state index contributed by atoms with van der Waals surface area (Å²) in [7, 11) is 1.29. The number of hydrogen-bond donors (Lipinski definition) is 2. The van der Waals surface area contributed by atoms with E-state index in [1.807, 2.05) is 30.3 Å². The van der Waals surface area contributed by atoms with Crippen molar-refractivity contribution in [2.24, 2.45) is 0 Å². The van der Waals surface area contributed by atoms with Gasteiger partial charge in [0.25, 0.3) is 0 Å². The van der Waals surface area contributed by atoms with Gasteiger partial charge in [0.15, 0.2) is 0 Å². The van der Waals surface area contributed by atoms with Crippen molar-refractivity contribution in [3.63, 3.8) is 0 Å². The van der Waals surface area contributed by atoms with Gasteiger partial charge in [-0.1, -0.05) is 42.5 Å². The number of ether oxygens (including phenoxy) is 1. The number of methoxy groups -OCH3 is 1. The molecule has 0 fully saturated rings. The number of carbonyl (C=O) groups is 2. The van der Waals surface area contributed by atoms with E-state index in [2.05, 4.69) is 15.3 Å². The fourth-order valence-corrected chi connectivity index (χ4v) is 3.93. The molecule has 7 nitrogen and oxygen atoms in total. The molecule has 2 heterocycles. The topological polar surface area (TPSA) is 87.3 Å². The number of esters is 1. The molecule has 1 aliphatic heterocycles. The lowest BCUT2D eigenvalue weighted by Gasteiger charge is -2.36. The van der Waals surface area contributed by atoms with E-state index >= 15 is 0 Å². The van der Waals surface area contributed by atoms with Gasteiger partial charge < -0.3 is 19.9 Å². The number of hydrogen-bond acceptors (Lipinski definition) is 4. The van der Waals surface area contributed by atoms with Gasteiger partial charge >= 0.3 is 12.0 Å². The van der Waals surface area contributed by atoms with Crippen LogP contribution in [0.5, 0.6) is 0 Å². The van der Waals surface area contributed by atoms with Crippen molar-refractivity contribution < 1.29 is 18.7 Å². The van der Waals surface area contributed by atoms with Gasteiger partial charge in [0, 0.05) is 25.1 Å². The van der Waals surface area contributed by atoms with Crippen LogP contribution in [0.3, 0.4) is 0 Å². The zero-order chi connectivity index (χ0) is 21.8. The van der Waals surface area contributed by atoms with Crippen LogP contribution in [0, 0.1) is 5.82 Å². The molecule has 0 unspecified atom stereocenters. The zero-order valence-electron chi connectivity index (χ0n) is 17.0. The van der Waals surface area contributed by atoms with E-state index in [0.29, 0.717) is 30.6 Å². The van der Waals surface area contributed by atoms with Gasteiger partial charge in [-0.25, -0.2) is 19.0 Å². The molecule has 1 aliphatic rings. The summed E-state index contributed by atoms with van der Waals surface area (Å²) >= 11 is 0. The number of benzene rings is 2. The summed E-state index contributed by atoms with van der Waals surface area (Å²) in [4.78, 5) is 34.7. The summed E-state index contributed by atoms with van der Waals surface area (Å²) in [6.45, 7) is 0.390. The van der Waals surface area contributed by atoms with Gasteiger partial charge in [-0.2, -0.15) is 0 Å². The minimum atomic E-state index is -0.853. The van der Waals surface area contributed by atoms with Crippen LogP contribution >= 0.6 is 0 Å². The lowest BCUT2D eigenvalue weighted by molar-refractivity contribution is -0.142. The molecule has 31 heavy (non-hydrogen) atoms. The van der Waals surface area contributed by atoms with Crippen molar-refractivity contribution in [1.29, 1.82) is 0 Å². The van der Waals surface area contributed by atoms with Gasteiger partial charge in [0.1, 0.15) is 17.9 Å². The number of H-pyrrole nitrogens is 1.